The van der Waals surface area contributed by atoms with Crippen molar-refractivity contribution in [1.82, 2.24) is 4.90 Å². The molecule has 1 amide bonds. The first-order valence-corrected chi connectivity index (χ1v) is 7.87. The molecule has 1 fully saturated rings. The van der Waals surface area contributed by atoms with Gasteiger partial charge < -0.3 is 9.64 Å². The summed E-state index contributed by atoms with van der Waals surface area (Å²) in [6.07, 6.45) is 1.37. The van der Waals surface area contributed by atoms with Gasteiger partial charge >= 0.3 is 6.09 Å². The molecule has 20 heavy (non-hydrogen) atoms. The number of carbonyl (C=O) groups is 2. The van der Waals surface area contributed by atoms with E-state index in [-0.39, 0.29) is 24.4 Å². The molecule has 5 heteroatoms. The van der Waals surface area contributed by atoms with Gasteiger partial charge in [0.1, 0.15) is 12.4 Å². The highest BCUT2D eigenvalue weighted by molar-refractivity contribution is 9.09. The molecule has 1 aromatic rings. The Morgan fingerprint density at radius 1 is 1.30 bits per heavy atom. The Kier molecular flexibility index (Phi) is 5.59. The van der Waals surface area contributed by atoms with Crippen LogP contribution >= 0.6 is 15.9 Å². The number of piperidine rings is 1. The second-order valence-electron chi connectivity index (χ2n) is 4.93. The number of likely N-dealkylation sites (tertiary alicyclic amines) is 1. The van der Waals surface area contributed by atoms with E-state index < -0.39 is 0 Å². The van der Waals surface area contributed by atoms with Gasteiger partial charge in [-0.15, -0.1) is 0 Å². The van der Waals surface area contributed by atoms with Gasteiger partial charge in [0, 0.05) is 19.0 Å². The molecule has 0 unspecified atom stereocenters. The summed E-state index contributed by atoms with van der Waals surface area (Å²) in [6, 6.07) is 9.58. The van der Waals surface area contributed by atoms with Crippen molar-refractivity contribution in [1.29, 1.82) is 0 Å². The van der Waals surface area contributed by atoms with Gasteiger partial charge in [0.2, 0.25) is 0 Å². The fourth-order valence-corrected chi connectivity index (χ4v) is 2.78. The molecule has 0 bridgehead atoms. The highest BCUT2D eigenvalue weighted by Gasteiger charge is 2.28. The Balaban J connectivity index is 1.84. The number of alkyl halides is 1. The Hall–Kier alpha value is -1.36. The molecule has 0 saturated carbocycles. The van der Waals surface area contributed by atoms with Crippen LogP contribution in [0.15, 0.2) is 30.3 Å². The summed E-state index contributed by atoms with van der Waals surface area (Å²) in [7, 11) is 0. The van der Waals surface area contributed by atoms with E-state index in [4.69, 9.17) is 4.74 Å². The molecular weight excluding hydrogens is 322 g/mol. The maximum absolute atomic E-state index is 12.0. The maximum Gasteiger partial charge on any atom is 0.410 e. The van der Waals surface area contributed by atoms with Crippen molar-refractivity contribution in [3.63, 3.8) is 0 Å². The van der Waals surface area contributed by atoms with Gasteiger partial charge in [-0.1, -0.05) is 46.3 Å². The smallest absolute Gasteiger partial charge is 0.410 e. The van der Waals surface area contributed by atoms with Crippen LogP contribution in [-0.4, -0.2) is 35.2 Å². The highest BCUT2D eigenvalue weighted by atomic mass is 79.9. The van der Waals surface area contributed by atoms with Crippen LogP contribution in [0.25, 0.3) is 0 Å². The summed E-state index contributed by atoms with van der Waals surface area (Å²) in [4.78, 5) is 25.3. The van der Waals surface area contributed by atoms with Crippen molar-refractivity contribution >= 4 is 27.8 Å². The third-order valence-corrected chi connectivity index (χ3v) is 4.02. The first-order chi connectivity index (χ1) is 9.70. The van der Waals surface area contributed by atoms with Gasteiger partial charge in [-0.05, 0) is 18.4 Å². The number of hydrogen-bond donors (Lipinski definition) is 0. The Morgan fingerprint density at radius 3 is 2.75 bits per heavy atom. The fraction of sp³-hybridized carbons (Fsp3) is 0.467. The molecule has 1 aliphatic rings. The summed E-state index contributed by atoms with van der Waals surface area (Å²) in [5, 5.41) is 0.352. The minimum Gasteiger partial charge on any atom is -0.445 e. The summed E-state index contributed by atoms with van der Waals surface area (Å²) >= 11 is 3.18. The van der Waals surface area contributed by atoms with Crippen LogP contribution < -0.4 is 0 Å². The minimum absolute atomic E-state index is 0.0626. The molecule has 0 radical (unpaired) electrons. The van der Waals surface area contributed by atoms with Gasteiger partial charge in [-0.25, -0.2) is 4.79 Å². The van der Waals surface area contributed by atoms with E-state index in [1.165, 1.54) is 0 Å². The van der Waals surface area contributed by atoms with E-state index >= 15 is 0 Å². The first kappa shape index (κ1) is 15.0. The van der Waals surface area contributed by atoms with Crippen molar-refractivity contribution in [2.24, 2.45) is 5.92 Å². The van der Waals surface area contributed by atoms with Crippen molar-refractivity contribution < 1.29 is 14.3 Å². The minimum atomic E-state index is -0.332. The number of benzene rings is 1. The molecule has 1 saturated heterocycles. The van der Waals surface area contributed by atoms with Gasteiger partial charge in [-0.2, -0.15) is 0 Å². The van der Waals surface area contributed by atoms with E-state index in [1.54, 1.807) is 4.90 Å². The van der Waals surface area contributed by atoms with E-state index in [2.05, 4.69) is 15.9 Å². The van der Waals surface area contributed by atoms with Crippen LogP contribution in [0, 0.1) is 5.92 Å². The summed E-state index contributed by atoms with van der Waals surface area (Å²) < 4.78 is 5.29. The lowest BCUT2D eigenvalue weighted by Gasteiger charge is -2.31. The van der Waals surface area contributed by atoms with Crippen LogP contribution in [0.5, 0.6) is 0 Å². The molecule has 0 aromatic heterocycles. The van der Waals surface area contributed by atoms with Crippen LogP contribution in [-0.2, 0) is 16.1 Å². The Morgan fingerprint density at radius 2 is 2.05 bits per heavy atom. The Labute approximate surface area is 127 Å². The number of Topliss-reactive ketones (excluding diaryl/α,β-unsaturated/α-hetero) is 1. The van der Waals surface area contributed by atoms with Crippen molar-refractivity contribution in [2.75, 3.05) is 18.4 Å². The molecular formula is C15H18BrNO3. The molecule has 1 aromatic carbocycles. The third-order valence-electron chi connectivity index (χ3n) is 3.47. The summed E-state index contributed by atoms with van der Waals surface area (Å²) in [6.45, 7) is 1.41. The van der Waals surface area contributed by atoms with Gasteiger partial charge in [-0.3, -0.25) is 4.79 Å². The quantitative estimate of drug-likeness (QED) is 0.792. The van der Waals surface area contributed by atoms with Crippen LogP contribution in [0.3, 0.4) is 0 Å². The second kappa shape index (κ2) is 7.43. The number of rotatable bonds is 4. The SMILES string of the molecule is O=C(CBr)[C@H]1CCCN(C(=O)OCc2ccccc2)C1. The molecule has 0 spiro atoms. The monoisotopic (exact) mass is 339 g/mol. The lowest BCUT2D eigenvalue weighted by Crippen LogP contribution is -2.42. The number of hydrogen-bond acceptors (Lipinski definition) is 3. The number of halogens is 1. The van der Waals surface area contributed by atoms with Crippen LogP contribution in [0.2, 0.25) is 0 Å². The molecule has 0 aliphatic carbocycles. The average molecular weight is 340 g/mol. The largest absolute Gasteiger partial charge is 0.445 e. The molecule has 1 atom stereocenters. The number of carbonyl (C=O) groups excluding carboxylic acids is 2. The number of nitrogens with zero attached hydrogens (tertiary/aromatic N) is 1. The van der Waals surface area contributed by atoms with Crippen molar-refractivity contribution in [3.05, 3.63) is 35.9 Å². The number of amides is 1. The topological polar surface area (TPSA) is 46.6 Å². The van der Waals surface area contributed by atoms with Crippen LogP contribution in [0.1, 0.15) is 18.4 Å². The zero-order valence-electron chi connectivity index (χ0n) is 11.3. The van der Waals surface area contributed by atoms with Crippen molar-refractivity contribution in [3.8, 4) is 0 Å². The molecule has 0 N–H and O–H groups in total. The van der Waals surface area contributed by atoms with Gasteiger partial charge in [0.15, 0.2) is 0 Å². The van der Waals surface area contributed by atoms with E-state index in [9.17, 15) is 9.59 Å². The third kappa shape index (κ3) is 4.07. The first-order valence-electron chi connectivity index (χ1n) is 6.75. The zero-order chi connectivity index (χ0) is 14.4. The zero-order valence-corrected chi connectivity index (χ0v) is 12.8. The lowest BCUT2D eigenvalue weighted by atomic mass is 9.95. The molecule has 1 aliphatic heterocycles. The summed E-state index contributed by atoms with van der Waals surface area (Å²) in [5.41, 5.74) is 0.964. The fourth-order valence-electron chi connectivity index (χ4n) is 2.33. The van der Waals surface area contributed by atoms with E-state index in [0.29, 0.717) is 18.4 Å². The predicted molar refractivity (Wildman–Crippen MR) is 79.7 cm³/mol. The molecule has 2 rings (SSSR count). The number of ether oxygens (including phenoxy) is 1. The van der Waals surface area contributed by atoms with E-state index in [0.717, 1.165) is 18.4 Å². The maximum atomic E-state index is 12.0. The standard InChI is InChI=1S/C15H18BrNO3/c16-9-14(18)13-7-4-8-17(10-13)15(19)20-11-12-5-2-1-3-6-12/h1-3,5-6,13H,4,7-11H2/t13-/m0/s1. The molecule has 108 valence electrons. The van der Waals surface area contributed by atoms with Crippen LogP contribution in [0.4, 0.5) is 4.79 Å². The normalized spacial score (nSPS) is 18.6. The molecule has 4 nitrogen and oxygen atoms in total. The Bertz CT molecular complexity index is 463. The van der Waals surface area contributed by atoms with Crippen molar-refractivity contribution in [2.45, 2.75) is 19.4 Å². The van der Waals surface area contributed by atoms with Gasteiger partial charge in [0.05, 0.1) is 5.33 Å². The van der Waals surface area contributed by atoms with Gasteiger partial charge in [0.25, 0.3) is 0 Å². The predicted octanol–water partition coefficient (Wildman–Crippen LogP) is 3.00. The number of ketones is 1. The molecule has 1 heterocycles. The second-order valence-corrected chi connectivity index (χ2v) is 5.49. The average Bonchev–Trinajstić information content (AvgIpc) is 2.53. The highest BCUT2D eigenvalue weighted by Crippen LogP contribution is 2.19. The lowest BCUT2D eigenvalue weighted by molar-refractivity contribution is -0.121. The van der Waals surface area contributed by atoms with E-state index in [1.807, 2.05) is 30.3 Å². The summed E-state index contributed by atoms with van der Waals surface area (Å²) in [5.74, 6) is 0.0953.